The molecule has 182 valence electrons. The number of ketones is 1. The number of carbonyl (C=O) groups is 1. The van der Waals surface area contributed by atoms with Crippen LogP contribution in [0.25, 0.3) is 0 Å². The molecule has 0 spiro atoms. The summed E-state index contributed by atoms with van der Waals surface area (Å²) in [5.74, 6) is 2.57. The van der Waals surface area contributed by atoms with Gasteiger partial charge in [0.2, 0.25) is 0 Å². The van der Waals surface area contributed by atoms with Gasteiger partial charge in [-0.15, -0.1) is 0 Å². The molecule has 7 atom stereocenters. The summed E-state index contributed by atoms with van der Waals surface area (Å²) in [4.78, 5) is 12.3. The number of Topliss-reactive ketones (excluding diaryl/α,β-unsaturated/α-hetero) is 1. The highest BCUT2D eigenvalue weighted by atomic mass is 16.3. The zero-order valence-electron chi connectivity index (χ0n) is 22.3. The molecule has 0 unspecified atom stereocenters. The van der Waals surface area contributed by atoms with Gasteiger partial charge < -0.3 is 5.11 Å². The molecule has 2 fully saturated rings. The van der Waals surface area contributed by atoms with Crippen molar-refractivity contribution in [2.45, 2.75) is 126 Å². The highest BCUT2D eigenvalue weighted by Gasteiger charge is 2.63. The van der Waals surface area contributed by atoms with Crippen LogP contribution in [0.4, 0.5) is 0 Å². The van der Waals surface area contributed by atoms with Gasteiger partial charge in [-0.3, -0.25) is 4.79 Å². The third kappa shape index (κ3) is 3.32. The average molecular weight is 443 g/mol. The lowest BCUT2D eigenvalue weighted by Gasteiger charge is -2.62. The summed E-state index contributed by atoms with van der Waals surface area (Å²) in [6.07, 6.45) is 11.5. The van der Waals surface area contributed by atoms with Gasteiger partial charge >= 0.3 is 0 Å². The van der Waals surface area contributed by atoms with Gasteiger partial charge in [-0.05, 0) is 97.2 Å². The summed E-state index contributed by atoms with van der Waals surface area (Å²) in [5, 5.41) is 10.8. The van der Waals surface area contributed by atoms with E-state index in [1.165, 1.54) is 38.5 Å². The maximum absolute atomic E-state index is 12.3. The van der Waals surface area contributed by atoms with Crippen molar-refractivity contribution >= 4 is 5.78 Å². The molecule has 0 amide bonds. The number of rotatable bonds is 5. The number of fused-ring (bicyclic) bond motifs is 4. The van der Waals surface area contributed by atoms with E-state index in [0.717, 1.165) is 31.6 Å². The lowest BCUT2D eigenvalue weighted by molar-refractivity contribution is -0.122. The second-order valence-electron chi connectivity index (χ2n) is 13.9. The first-order chi connectivity index (χ1) is 14.8. The van der Waals surface area contributed by atoms with Crippen molar-refractivity contribution in [3.8, 4) is 0 Å². The number of hydrogen-bond donors (Lipinski definition) is 1. The Bertz CT molecular complexity index is 791. The largest absolute Gasteiger partial charge is 0.393 e. The van der Waals surface area contributed by atoms with Crippen molar-refractivity contribution in [2.75, 3.05) is 0 Å². The van der Waals surface area contributed by atoms with Crippen LogP contribution in [0.5, 0.6) is 0 Å². The Balaban J connectivity index is 1.62. The molecule has 4 rings (SSSR count). The fourth-order valence-electron chi connectivity index (χ4n) is 9.49. The topological polar surface area (TPSA) is 37.3 Å². The van der Waals surface area contributed by atoms with E-state index in [0.29, 0.717) is 28.4 Å². The van der Waals surface area contributed by atoms with E-state index in [9.17, 15) is 9.90 Å². The van der Waals surface area contributed by atoms with Crippen LogP contribution in [-0.4, -0.2) is 17.0 Å². The van der Waals surface area contributed by atoms with Crippen molar-refractivity contribution in [1.29, 1.82) is 0 Å². The molecule has 1 N–H and O–H groups in total. The molecule has 0 aromatic heterocycles. The van der Waals surface area contributed by atoms with E-state index in [1.54, 1.807) is 5.57 Å². The van der Waals surface area contributed by atoms with Gasteiger partial charge in [0.15, 0.2) is 0 Å². The smallest absolute Gasteiger partial charge is 0.135 e. The van der Waals surface area contributed by atoms with E-state index >= 15 is 0 Å². The molecule has 2 saturated carbocycles. The Morgan fingerprint density at radius 2 is 1.62 bits per heavy atom. The predicted octanol–water partition coefficient (Wildman–Crippen LogP) is 7.74. The van der Waals surface area contributed by atoms with Crippen LogP contribution in [0.2, 0.25) is 0 Å². The lowest BCUT2D eigenvalue weighted by atomic mass is 9.43. The minimum absolute atomic E-state index is 0.0167. The molecule has 0 aromatic rings. The molecule has 2 nitrogen and oxygen atoms in total. The standard InChI is InChI=1S/C30H50O2/c1-19(2)24(31)11-9-20(3)21-13-17-30(8)23-10-12-25-27(4,5)26(32)15-16-28(25,6)22(23)14-18-29(21,30)7/h19-21,25-26,32H,9-18H2,1-8H3/t20-,21-,25-,26-,28+,29-,30+/m0/s1. The van der Waals surface area contributed by atoms with Gasteiger partial charge in [0.25, 0.3) is 0 Å². The summed E-state index contributed by atoms with van der Waals surface area (Å²) in [5.41, 5.74) is 4.59. The van der Waals surface area contributed by atoms with Crippen LogP contribution in [0.3, 0.4) is 0 Å². The zero-order valence-corrected chi connectivity index (χ0v) is 22.3. The normalized spacial score (nSPS) is 44.1. The molecular weight excluding hydrogens is 392 g/mol. The fraction of sp³-hybridized carbons (Fsp3) is 0.900. The summed E-state index contributed by atoms with van der Waals surface area (Å²) in [6.45, 7) is 18.9. The van der Waals surface area contributed by atoms with Crippen LogP contribution >= 0.6 is 0 Å². The summed E-state index contributed by atoms with van der Waals surface area (Å²) < 4.78 is 0. The Morgan fingerprint density at radius 3 is 2.28 bits per heavy atom. The Hall–Kier alpha value is -0.630. The molecule has 0 aliphatic heterocycles. The predicted molar refractivity (Wildman–Crippen MR) is 133 cm³/mol. The summed E-state index contributed by atoms with van der Waals surface area (Å²) in [7, 11) is 0. The summed E-state index contributed by atoms with van der Waals surface area (Å²) >= 11 is 0. The van der Waals surface area contributed by atoms with E-state index in [2.05, 4.69) is 41.5 Å². The minimum atomic E-state index is -0.155. The fourth-order valence-corrected chi connectivity index (χ4v) is 9.49. The van der Waals surface area contributed by atoms with Gasteiger partial charge in [-0.2, -0.15) is 0 Å². The number of aliphatic hydroxyl groups is 1. The first-order valence-corrected chi connectivity index (χ1v) is 13.7. The maximum Gasteiger partial charge on any atom is 0.135 e. The molecule has 0 bridgehead atoms. The van der Waals surface area contributed by atoms with Gasteiger partial charge in [0.05, 0.1) is 6.10 Å². The molecule has 32 heavy (non-hydrogen) atoms. The van der Waals surface area contributed by atoms with Crippen LogP contribution in [0.15, 0.2) is 11.1 Å². The van der Waals surface area contributed by atoms with E-state index in [4.69, 9.17) is 0 Å². The van der Waals surface area contributed by atoms with E-state index < -0.39 is 0 Å². The van der Waals surface area contributed by atoms with Crippen molar-refractivity contribution in [3.05, 3.63) is 11.1 Å². The average Bonchev–Trinajstić information content (AvgIpc) is 3.00. The number of allylic oxidation sites excluding steroid dienone is 2. The second-order valence-corrected chi connectivity index (χ2v) is 13.9. The van der Waals surface area contributed by atoms with E-state index in [1.807, 2.05) is 19.4 Å². The first kappa shape index (κ1) is 24.5. The van der Waals surface area contributed by atoms with Crippen molar-refractivity contribution in [2.24, 2.45) is 45.3 Å². The third-order valence-corrected chi connectivity index (χ3v) is 12.0. The monoisotopic (exact) mass is 442 g/mol. The zero-order chi connectivity index (χ0) is 23.7. The SMILES string of the molecule is CC(C)C(=O)CC[C@H](C)[C@@H]1CC[C@]2(C)C3=C(CC[C@@]12C)[C@@]1(C)CC[C@H](O)C(C)(C)[C@@H]1CC3. The van der Waals surface area contributed by atoms with Crippen molar-refractivity contribution in [1.82, 2.24) is 0 Å². The van der Waals surface area contributed by atoms with Crippen LogP contribution in [0, 0.1) is 45.3 Å². The quantitative estimate of drug-likeness (QED) is 0.442. The highest BCUT2D eigenvalue weighted by molar-refractivity contribution is 5.80. The van der Waals surface area contributed by atoms with Gasteiger partial charge in [0, 0.05) is 12.3 Å². The number of aliphatic hydroxyl groups excluding tert-OH is 1. The molecule has 0 radical (unpaired) electrons. The first-order valence-electron chi connectivity index (χ1n) is 13.7. The molecule has 0 aromatic carbocycles. The van der Waals surface area contributed by atoms with Crippen molar-refractivity contribution < 1.29 is 9.90 Å². The summed E-state index contributed by atoms with van der Waals surface area (Å²) in [6, 6.07) is 0. The Morgan fingerprint density at radius 1 is 0.938 bits per heavy atom. The van der Waals surface area contributed by atoms with Crippen molar-refractivity contribution in [3.63, 3.8) is 0 Å². The van der Waals surface area contributed by atoms with Gasteiger partial charge in [-0.1, -0.05) is 66.5 Å². The Kier molecular flexibility index (Phi) is 6.09. The second kappa shape index (κ2) is 7.96. The molecule has 2 heteroatoms. The van der Waals surface area contributed by atoms with E-state index in [-0.39, 0.29) is 22.9 Å². The Labute approximate surface area is 198 Å². The number of hydrogen-bond acceptors (Lipinski definition) is 2. The molecular formula is C30H50O2. The molecule has 4 aliphatic carbocycles. The minimum Gasteiger partial charge on any atom is -0.393 e. The van der Waals surface area contributed by atoms with Gasteiger partial charge in [0.1, 0.15) is 5.78 Å². The highest BCUT2D eigenvalue weighted by Crippen LogP contribution is 2.72. The number of carbonyl (C=O) groups excluding carboxylic acids is 1. The van der Waals surface area contributed by atoms with Crippen LogP contribution in [0.1, 0.15) is 120 Å². The molecule has 0 heterocycles. The van der Waals surface area contributed by atoms with Gasteiger partial charge in [-0.25, -0.2) is 0 Å². The van der Waals surface area contributed by atoms with Crippen LogP contribution < -0.4 is 0 Å². The molecule has 4 aliphatic rings. The third-order valence-electron chi connectivity index (χ3n) is 12.0. The lowest BCUT2D eigenvalue weighted by Crippen LogP contribution is -2.55. The van der Waals surface area contributed by atoms with Crippen LogP contribution in [-0.2, 0) is 4.79 Å². The maximum atomic E-state index is 12.3. The molecule has 0 saturated heterocycles.